The lowest BCUT2D eigenvalue weighted by molar-refractivity contribution is -0.125. The molecule has 0 radical (unpaired) electrons. The predicted octanol–water partition coefficient (Wildman–Crippen LogP) is 1.86. The average Bonchev–Trinajstić information content (AvgIpc) is 2.89. The fourth-order valence-corrected chi connectivity index (χ4v) is 2.30. The number of nitrogens with zero attached hydrogens (tertiary/aromatic N) is 1. The molecule has 2 amide bonds. The van der Waals surface area contributed by atoms with Gasteiger partial charge in [0, 0.05) is 13.1 Å². The third-order valence-electron chi connectivity index (χ3n) is 3.49. The Morgan fingerprint density at radius 3 is 2.63 bits per heavy atom. The highest BCUT2D eigenvalue weighted by Crippen LogP contribution is 2.18. The highest BCUT2D eigenvalue weighted by Gasteiger charge is 2.31. The van der Waals surface area contributed by atoms with Gasteiger partial charge >= 0.3 is 6.09 Å². The SMILES string of the molecule is C[C@@H](NC(=O)[C@@H]1CCN(C(=O)O)C1)c1ccccc1. The van der Waals surface area contributed by atoms with Gasteiger partial charge in [-0.1, -0.05) is 30.3 Å². The van der Waals surface area contributed by atoms with Crippen molar-refractivity contribution in [3.8, 4) is 0 Å². The lowest BCUT2D eigenvalue weighted by atomic mass is 10.1. The molecular weight excluding hydrogens is 244 g/mol. The van der Waals surface area contributed by atoms with Gasteiger partial charge in [-0.25, -0.2) is 4.79 Å². The van der Waals surface area contributed by atoms with Crippen molar-refractivity contribution in [2.24, 2.45) is 5.92 Å². The Bertz CT molecular complexity index is 461. The highest BCUT2D eigenvalue weighted by atomic mass is 16.4. The third kappa shape index (κ3) is 3.24. The molecular formula is C14H18N2O3. The predicted molar refractivity (Wildman–Crippen MR) is 70.7 cm³/mol. The van der Waals surface area contributed by atoms with E-state index >= 15 is 0 Å². The molecule has 19 heavy (non-hydrogen) atoms. The Labute approximate surface area is 112 Å². The van der Waals surface area contributed by atoms with Crippen LogP contribution in [0, 0.1) is 5.92 Å². The quantitative estimate of drug-likeness (QED) is 0.873. The van der Waals surface area contributed by atoms with Crippen molar-refractivity contribution in [3.05, 3.63) is 35.9 Å². The summed E-state index contributed by atoms with van der Waals surface area (Å²) in [6.45, 7) is 2.66. The van der Waals surface area contributed by atoms with Crippen LogP contribution in [-0.2, 0) is 4.79 Å². The molecule has 5 nitrogen and oxygen atoms in total. The number of rotatable bonds is 3. The van der Waals surface area contributed by atoms with Gasteiger partial charge in [-0.15, -0.1) is 0 Å². The number of hydrogen-bond acceptors (Lipinski definition) is 2. The molecule has 0 bridgehead atoms. The van der Waals surface area contributed by atoms with Crippen molar-refractivity contribution in [1.29, 1.82) is 0 Å². The van der Waals surface area contributed by atoms with Crippen LogP contribution in [-0.4, -0.2) is 35.1 Å². The molecule has 1 heterocycles. The molecule has 1 aromatic rings. The lowest BCUT2D eigenvalue weighted by Crippen LogP contribution is -2.35. The van der Waals surface area contributed by atoms with Crippen LogP contribution in [0.15, 0.2) is 30.3 Å². The van der Waals surface area contributed by atoms with Gasteiger partial charge in [0.05, 0.1) is 12.0 Å². The van der Waals surface area contributed by atoms with Crippen LogP contribution in [0.4, 0.5) is 4.79 Å². The minimum absolute atomic E-state index is 0.0624. The first-order valence-electron chi connectivity index (χ1n) is 6.41. The van der Waals surface area contributed by atoms with E-state index in [1.807, 2.05) is 37.3 Å². The molecule has 0 spiro atoms. The van der Waals surface area contributed by atoms with E-state index < -0.39 is 6.09 Å². The van der Waals surface area contributed by atoms with Crippen LogP contribution in [0.1, 0.15) is 24.9 Å². The maximum atomic E-state index is 12.1. The number of likely N-dealkylation sites (tertiary alicyclic amines) is 1. The van der Waals surface area contributed by atoms with Crippen molar-refractivity contribution in [2.45, 2.75) is 19.4 Å². The van der Waals surface area contributed by atoms with E-state index in [2.05, 4.69) is 5.32 Å². The Balaban J connectivity index is 1.90. The minimum Gasteiger partial charge on any atom is -0.465 e. The Kier molecular flexibility index (Phi) is 4.04. The van der Waals surface area contributed by atoms with E-state index in [1.54, 1.807) is 0 Å². The largest absolute Gasteiger partial charge is 0.465 e. The average molecular weight is 262 g/mol. The van der Waals surface area contributed by atoms with Crippen LogP contribution < -0.4 is 5.32 Å². The third-order valence-corrected chi connectivity index (χ3v) is 3.49. The summed E-state index contributed by atoms with van der Waals surface area (Å²) in [5.74, 6) is -0.303. The topological polar surface area (TPSA) is 69.6 Å². The fraction of sp³-hybridized carbons (Fsp3) is 0.429. The van der Waals surface area contributed by atoms with E-state index in [0.29, 0.717) is 19.5 Å². The van der Waals surface area contributed by atoms with Gasteiger partial charge in [0.15, 0.2) is 0 Å². The standard InChI is InChI=1S/C14H18N2O3/c1-10(11-5-3-2-4-6-11)15-13(17)12-7-8-16(9-12)14(18)19/h2-6,10,12H,7-9H2,1H3,(H,15,17)(H,18,19)/t10-,12-/m1/s1. The molecule has 1 aliphatic heterocycles. The summed E-state index contributed by atoms with van der Waals surface area (Å²) in [7, 11) is 0. The van der Waals surface area contributed by atoms with E-state index in [1.165, 1.54) is 4.90 Å². The molecule has 102 valence electrons. The molecule has 5 heteroatoms. The first-order chi connectivity index (χ1) is 9.08. The zero-order chi connectivity index (χ0) is 13.8. The smallest absolute Gasteiger partial charge is 0.407 e. The summed E-state index contributed by atoms with van der Waals surface area (Å²) < 4.78 is 0. The summed E-state index contributed by atoms with van der Waals surface area (Å²) in [6, 6.07) is 9.65. The van der Waals surface area contributed by atoms with E-state index in [4.69, 9.17) is 5.11 Å². The summed E-state index contributed by atoms with van der Waals surface area (Å²) in [5.41, 5.74) is 1.05. The normalized spacial score (nSPS) is 20.1. The van der Waals surface area contributed by atoms with Crippen molar-refractivity contribution in [2.75, 3.05) is 13.1 Å². The number of carbonyl (C=O) groups excluding carboxylic acids is 1. The molecule has 0 aliphatic carbocycles. The van der Waals surface area contributed by atoms with Crippen molar-refractivity contribution in [3.63, 3.8) is 0 Å². The zero-order valence-corrected chi connectivity index (χ0v) is 10.9. The van der Waals surface area contributed by atoms with E-state index in [9.17, 15) is 9.59 Å². The van der Waals surface area contributed by atoms with Crippen LogP contribution in [0.5, 0.6) is 0 Å². The molecule has 0 aromatic heterocycles. The number of hydrogen-bond donors (Lipinski definition) is 2. The molecule has 2 N–H and O–H groups in total. The van der Waals surface area contributed by atoms with Crippen LogP contribution >= 0.6 is 0 Å². The molecule has 0 unspecified atom stereocenters. The van der Waals surface area contributed by atoms with Crippen LogP contribution in [0.2, 0.25) is 0 Å². The van der Waals surface area contributed by atoms with Gasteiger partial charge < -0.3 is 15.3 Å². The van der Waals surface area contributed by atoms with Gasteiger partial charge in [0.25, 0.3) is 0 Å². The fourth-order valence-electron chi connectivity index (χ4n) is 2.30. The number of carboxylic acid groups (broad SMARTS) is 1. The Morgan fingerprint density at radius 2 is 2.05 bits per heavy atom. The van der Waals surface area contributed by atoms with E-state index in [-0.39, 0.29) is 17.9 Å². The van der Waals surface area contributed by atoms with Crippen molar-refractivity contribution >= 4 is 12.0 Å². The van der Waals surface area contributed by atoms with E-state index in [0.717, 1.165) is 5.56 Å². The second-order valence-electron chi connectivity index (χ2n) is 4.86. The summed E-state index contributed by atoms with van der Waals surface area (Å²) in [4.78, 5) is 24.2. The van der Waals surface area contributed by atoms with Crippen LogP contribution in [0.25, 0.3) is 0 Å². The molecule has 2 atom stereocenters. The zero-order valence-electron chi connectivity index (χ0n) is 10.9. The molecule has 1 aliphatic rings. The highest BCUT2D eigenvalue weighted by molar-refractivity contribution is 5.80. The monoisotopic (exact) mass is 262 g/mol. The van der Waals surface area contributed by atoms with Gasteiger partial charge in [0.2, 0.25) is 5.91 Å². The maximum Gasteiger partial charge on any atom is 0.407 e. The summed E-state index contributed by atoms with van der Waals surface area (Å²) >= 11 is 0. The minimum atomic E-state index is -0.952. The lowest BCUT2D eigenvalue weighted by Gasteiger charge is -2.17. The molecule has 1 saturated heterocycles. The van der Waals surface area contributed by atoms with Gasteiger partial charge in [-0.05, 0) is 18.9 Å². The molecule has 2 rings (SSSR count). The number of carbonyl (C=O) groups is 2. The summed E-state index contributed by atoms with van der Waals surface area (Å²) in [6.07, 6.45) is -0.356. The number of benzene rings is 1. The number of nitrogens with one attached hydrogen (secondary N) is 1. The van der Waals surface area contributed by atoms with Gasteiger partial charge in [-0.2, -0.15) is 0 Å². The van der Waals surface area contributed by atoms with Crippen LogP contribution in [0.3, 0.4) is 0 Å². The van der Waals surface area contributed by atoms with Gasteiger partial charge in [0.1, 0.15) is 0 Å². The molecule has 1 aromatic carbocycles. The second-order valence-corrected chi connectivity index (χ2v) is 4.86. The number of amides is 2. The second kappa shape index (κ2) is 5.73. The van der Waals surface area contributed by atoms with Gasteiger partial charge in [-0.3, -0.25) is 4.79 Å². The molecule has 0 saturated carbocycles. The Morgan fingerprint density at radius 1 is 1.37 bits per heavy atom. The van der Waals surface area contributed by atoms with Crippen molar-refractivity contribution in [1.82, 2.24) is 10.2 Å². The van der Waals surface area contributed by atoms with Crippen molar-refractivity contribution < 1.29 is 14.7 Å². The summed E-state index contributed by atoms with van der Waals surface area (Å²) in [5, 5.41) is 11.8. The first kappa shape index (κ1) is 13.4. The molecule has 1 fully saturated rings. The first-order valence-corrected chi connectivity index (χ1v) is 6.41. The maximum absolute atomic E-state index is 12.1. The Hall–Kier alpha value is -2.04.